The number of likely N-dealkylation sites (tertiary alicyclic amines) is 1. The highest BCUT2D eigenvalue weighted by Gasteiger charge is 2.34. The molecule has 2 heterocycles. The summed E-state index contributed by atoms with van der Waals surface area (Å²) in [5.74, 6) is 0.926. The van der Waals surface area contributed by atoms with E-state index in [4.69, 9.17) is 9.47 Å². The van der Waals surface area contributed by atoms with Gasteiger partial charge in [-0.05, 0) is 61.4 Å². The molecule has 1 atom stereocenters. The van der Waals surface area contributed by atoms with E-state index in [1.807, 2.05) is 39.0 Å². The molecule has 4 rings (SSSR count). The lowest BCUT2D eigenvalue weighted by Crippen LogP contribution is -2.54. The monoisotopic (exact) mass is 479 g/mol. The van der Waals surface area contributed by atoms with Crippen LogP contribution in [0.5, 0.6) is 11.5 Å². The van der Waals surface area contributed by atoms with Gasteiger partial charge in [-0.2, -0.15) is 0 Å². The molecule has 2 aromatic rings. The minimum atomic E-state index is -0.663. The van der Waals surface area contributed by atoms with Gasteiger partial charge in [-0.25, -0.2) is 0 Å². The van der Waals surface area contributed by atoms with E-state index in [9.17, 15) is 14.4 Å². The Labute approximate surface area is 206 Å². The number of amides is 3. The molecule has 0 aromatic heterocycles. The molecular formula is C27H33N3O5. The zero-order valence-corrected chi connectivity index (χ0v) is 20.5. The first-order valence-electron chi connectivity index (χ1n) is 12.2. The van der Waals surface area contributed by atoms with Crippen LogP contribution in [-0.4, -0.2) is 55.1 Å². The van der Waals surface area contributed by atoms with Gasteiger partial charge in [0.25, 0.3) is 11.8 Å². The summed E-state index contributed by atoms with van der Waals surface area (Å²) < 4.78 is 10.7. The Morgan fingerprint density at radius 3 is 2.46 bits per heavy atom. The molecule has 2 aliphatic heterocycles. The van der Waals surface area contributed by atoms with Crippen LogP contribution in [-0.2, 0) is 4.79 Å². The summed E-state index contributed by atoms with van der Waals surface area (Å²) in [6.07, 6.45) is 1.23. The third-order valence-corrected chi connectivity index (χ3v) is 6.56. The Balaban J connectivity index is 1.43. The normalized spacial score (nSPS) is 16.2. The predicted octanol–water partition coefficient (Wildman–Crippen LogP) is 3.15. The predicted molar refractivity (Wildman–Crippen MR) is 131 cm³/mol. The fourth-order valence-corrected chi connectivity index (χ4v) is 4.51. The second-order valence-electron chi connectivity index (χ2n) is 9.60. The summed E-state index contributed by atoms with van der Waals surface area (Å²) in [7, 11) is 0. The van der Waals surface area contributed by atoms with Crippen LogP contribution in [0.15, 0.2) is 42.5 Å². The Morgan fingerprint density at radius 1 is 1.03 bits per heavy atom. The Kier molecular flexibility index (Phi) is 7.58. The number of hydrogen-bond donors (Lipinski definition) is 2. The van der Waals surface area contributed by atoms with E-state index >= 15 is 0 Å². The summed E-state index contributed by atoms with van der Waals surface area (Å²) >= 11 is 0. The van der Waals surface area contributed by atoms with E-state index < -0.39 is 6.04 Å². The number of nitrogens with one attached hydrogen (secondary N) is 2. The van der Waals surface area contributed by atoms with Gasteiger partial charge in [-0.3, -0.25) is 14.4 Å². The number of benzene rings is 2. The standard InChI is InChI=1S/C27H33N3O5/c1-17(2)15-28-26(32)24(29-25(31)21-7-5-4-6-18(21)3)19-10-12-30(13-11-19)27(33)20-8-9-22-23(14-20)35-16-34-22/h4-9,14,17,19,24H,10-13,15-16H2,1-3H3,(H,28,32)(H,29,31)/t24-/m0/s1. The molecule has 186 valence electrons. The van der Waals surface area contributed by atoms with E-state index in [0.717, 1.165) is 5.56 Å². The van der Waals surface area contributed by atoms with Crippen molar-refractivity contribution in [2.75, 3.05) is 26.4 Å². The Morgan fingerprint density at radius 2 is 1.74 bits per heavy atom. The molecule has 0 unspecified atom stereocenters. The van der Waals surface area contributed by atoms with Crippen LogP contribution in [0, 0.1) is 18.8 Å². The molecule has 0 saturated carbocycles. The van der Waals surface area contributed by atoms with Crippen LogP contribution in [0.3, 0.4) is 0 Å². The van der Waals surface area contributed by atoms with Crippen LogP contribution in [0.2, 0.25) is 0 Å². The van der Waals surface area contributed by atoms with Crippen molar-refractivity contribution in [3.63, 3.8) is 0 Å². The molecule has 0 spiro atoms. The Bertz CT molecular complexity index is 1090. The third kappa shape index (κ3) is 5.75. The molecule has 3 amide bonds. The maximum atomic E-state index is 13.1. The molecule has 2 aliphatic rings. The van der Waals surface area contributed by atoms with E-state index in [2.05, 4.69) is 10.6 Å². The summed E-state index contributed by atoms with van der Waals surface area (Å²) in [6.45, 7) is 7.65. The van der Waals surface area contributed by atoms with Crippen LogP contribution in [0.1, 0.15) is 53.0 Å². The minimum Gasteiger partial charge on any atom is -0.454 e. The van der Waals surface area contributed by atoms with E-state index in [0.29, 0.717) is 61.0 Å². The van der Waals surface area contributed by atoms with Crippen molar-refractivity contribution in [3.8, 4) is 11.5 Å². The zero-order valence-electron chi connectivity index (χ0n) is 20.5. The SMILES string of the molecule is Cc1ccccc1C(=O)N[C@H](C(=O)NCC(C)C)C1CCN(C(=O)c2ccc3c(c2)OCO3)CC1. The van der Waals surface area contributed by atoms with E-state index in [1.165, 1.54) is 0 Å². The molecule has 1 saturated heterocycles. The maximum Gasteiger partial charge on any atom is 0.253 e. The number of aryl methyl sites for hydroxylation is 1. The van der Waals surface area contributed by atoms with Crippen LogP contribution in [0.4, 0.5) is 0 Å². The lowest BCUT2D eigenvalue weighted by atomic mass is 9.88. The quantitative estimate of drug-likeness (QED) is 0.636. The molecular weight excluding hydrogens is 446 g/mol. The molecule has 8 nitrogen and oxygen atoms in total. The highest BCUT2D eigenvalue weighted by molar-refractivity contribution is 5.99. The first-order valence-corrected chi connectivity index (χ1v) is 12.2. The molecule has 35 heavy (non-hydrogen) atoms. The molecule has 1 fully saturated rings. The maximum absolute atomic E-state index is 13.1. The number of nitrogens with zero attached hydrogens (tertiary/aromatic N) is 1. The number of hydrogen-bond acceptors (Lipinski definition) is 5. The van der Waals surface area contributed by atoms with E-state index in [1.54, 1.807) is 29.2 Å². The van der Waals surface area contributed by atoms with Gasteiger partial charge < -0.3 is 25.0 Å². The first kappa shape index (κ1) is 24.6. The number of carbonyl (C=O) groups excluding carboxylic acids is 3. The van der Waals surface area contributed by atoms with Crippen molar-refractivity contribution < 1.29 is 23.9 Å². The smallest absolute Gasteiger partial charge is 0.253 e. The fourth-order valence-electron chi connectivity index (χ4n) is 4.51. The summed E-state index contributed by atoms with van der Waals surface area (Å²) in [5, 5.41) is 5.96. The third-order valence-electron chi connectivity index (χ3n) is 6.56. The van der Waals surface area contributed by atoms with Crippen molar-refractivity contribution in [2.45, 2.75) is 39.7 Å². The lowest BCUT2D eigenvalue weighted by molar-refractivity contribution is -0.124. The van der Waals surface area contributed by atoms with Gasteiger partial charge in [0.1, 0.15) is 6.04 Å². The second-order valence-corrected chi connectivity index (χ2v) is 9.60. The van der Waals surface area contributed by atoms with Gasteiger partial charge in [0.15, 0.2) is 11.5 Å². The van der Waals surface area contributed by atoms with Crippen molar-refractivity contribution in [1.29, 1.82) is 0 Å². The van der Waals surface area contributed by atoms with Gasteiger partial charge in [0.2, 0.25) is 12.7 Å². The molecule has 2 aromatic carbocycles. The van der Waals surface area contributed by atoms with Gasteiger partial charge in [0, 0.05) is 30.8 Å². The van der Waals surface area contributed by atoms with Crippen molar-refractivity contribution in [3.05, 3.63) is 59.2 Å². The van der Waals surface area contributed by atoms with Crippen LogP contribution >= 0.6 is 0 Å². The topological polar surface area (TPSA) is 97.0 Å². The largest absolute Gasteiger partial charge is 0.454 e. The lowest BCUT2D eigenvalue weighted by Gasteiger charge is -2.36. The average Bonchev–Trinajstić information content (AvgIpc) is 3.33. The van der Waals surface area contributed by atoms with Gasteiger partial charge in [-0.1, -0.05) is 32.0 Å². The van der Waals surface area contributed by atoms with Crippen molar-refractivity contribution >= 4 is 17.7 Å². The van der Waals surface area contributed by atoms with E-state index in [-0.39, 0.29) is 30.4 Å². The highest BCUT2D eigenvalue weighted by Crippen LogP contribution is 2.33. The summed E-state index contributed by atoms with van der Waals surface area (Å²) in [6, 6.07) is 11.9. The summed E-state index contributed by atoms with van der Waals surface area (Å²) in [5.41, 5.74) is 1.96. The zero-order chi connectivity index (χ0) is 24.9. The number of piperidine rings is 1. The number of ether oxygens (including phenoxy) is 2. The van der Waals surface area contributed by atoms with Crippen LogP contribution < -0.4 is 20.1 Å². The number of rotatable bonds is 7. The van der Waals surface area contributed by atoms with Crippen molar-refractivity contribution in [2.24, 2.45) is 11.8 Å². The fraction of sp³-hybridized carbons (Fsp3) is 0.444. The van der Waals surface area contributed by atoms with Crippen molar-refractivity contribution in [1.82, 2.24) is 15.5 Å². The molecule has 2 N–H and O–H groups in total. The van der Waals surface area contributed by atoms with Gasteiger partial charge >= 0.3 is 0 Å². The molecule has 8 heteroatoms. The summed E-state index contributed by atoms with van der Waals surface area (Å²) in [4.78, 5) is 41.0. The molecule has 0 radical (unpaired) electrons. The number of carbonyl (C=O) groups is 3. The average molecular weight is 480 g/mol. The van der Waals surface area contributed by atoms with Gasteiger partial charge in [0.05, 0.1) is 0 Å². The minimum absolute atomic E-state index is 0.0732. The van der Waals surface area contributed by atoms with Gasteiger partial charge in [-0.15, -0.1) is 0 Å². The highest BCUT2D eigenvalue weighted by atomic mass is 16.7. The van der Waals surface area contributed by atoms with Crippen LogP contribution in [0.25, 0.3) is 0 Å². The second kappa shape index (κ2) is 10.8. The molecule has 0 aliphatic carbocycles. The number of fused-ring (bicyclic) bond motifs is 1. The Hall–Kier alpha value is -3.55. The first-order chi connectivity index (χ1) is 16.8. The molecule has 0 bridgehead atoms.